The summed E-state index contributed by atoms with van der Waals surface area (Å²) in [5.74, 6) is 0.758. The van der Waals surface area contributed by atoms with E-state index >= 15 is 0 Å². The fourth-order valence-corrected chi connectivity index (χ4v) is 2.91. The van der Waals surface area contributed by atoms with Crippen LogP contribution in [0.1, 0.15) is 36.7 Å². The molecule has 0 fully saturated rings. The molecule has 0 aliphatic carbocycles. The van der Waals surface area contributed by atoms with Crippen molar-refractivity contribution in [1.29, 1.82) is 0 Å². The standard InChI is InChI=1S/C20H25NO2S/c1-20(2,3)15-9-11-16(12-10-15)23-14-13-21-19(22)17-7-5-6-8-18(17)24-4/h5-12H,13-14H2,1-4H3,(H,21,22). The lowest BCUT2D eigenvalue weighted by atomic mass is 9.87. The van der Waals surface area contributed by atoms with E-state index in [-0.39, 0.29) is 11.3 Å². The van der Waals surface area contributed by atoms with Crippen LogP contribution in [0, 0.1) is 0 Å². The topological polar surface area (TPSA) is 38.3 Å². The number of thioether (sulfide) groups is 1. The summed E-state index contributed by atoms with van der Waals surface area (Å²) in [6.07, 6.45) is 1.97. The Bertz CT molecular complexity index is 675. The molecule has 0 saturated carbocycles. The number of carbonyl (C=O) groups excluding carboxylic acids is 1. The van der Waals surface area contributed by atoms with Crippen LogP contribution in [0.4, 0.5) is 0 Å². The molecule has 0 aliphatic heterocycles. The van der Waals surface area contributed by atoms with Crippen LogP contribution in [0.25, 0.3) is 0 Å². The highest BCUT2D eigenvalue weighted by atomic mass is 32.2. The predicted octanol–water partition coefficient (Wildman–Crippen LogP) is 4.51. The molecule has 4 heteroatoms. The van der Waals surface area contributed by atoms with Crippen LogP contribution < -0.4 is 10.1 Å². The lowest BCUT2D eigenvalue weighted by Crippen LogP contribution is -2.28. The predicted molar refractivity (Wildman–Crippen MR) is 101 cm³/mol. The molecule has 2 rings (SSSR count). The summed E-state index contributed by atoms with van der Waals surface area (Å²) in [5.41, 5.74) is 2.12. The minimum atomic E-state index is -0.0633. The van der Waals surface area contributed by atoms with Gasteiger partial charge in [0.1, 0.15) is 12.4 Å². The van der Waals surface area contributed by atoms with E-state index in [9.17, 15) is 4.79 Å². The van der Waals surface area contributed by atoms with Gasteiger partial charge >= 0.3 is 0 Å². The van der Waals surface area contributed by atoms with Gasteiger partial charge in [0.05, 0.1) is 12.1 Å². The van der Waals surface area contributed by atoms with Crippen LogP contribution in [0.3, 0.4) is 0 Å². The van der Waals surface area contributed by atoms with E-state index in [1.807, 2.05) is 42.7 Å². The van der Waals surface area contributed by atoms with E-state index in [2.05, 4.69) is 38.2 Å². The van der Waals surface area contributed by atoms with Gasteiger partial charge in [0.15, 0.2) is 0 Å². The maximum Gasteiger partial charge on any atom is 0.252 e. The van der Waals surface area contributed by atoms with E-state index in [4.69, 9.17) is 4.74 Å². The van der Waals surface area contributed by atoms with Gasteiger partial charge in [-0.15, -0.1) is 11.8 Å². The van der Waals surface area contributed by atoms with Crippen LogP contribution in [0.2, 0.25) is 0 Å². The Balaban J connectivity index is 1.81. The molecule has 0 radical (unpaired) electrons. The lowest BCUT2D eigenvalue weighted by Gasteiger charge is -2.19. The zero-order valence-corrected chi connectivity index (χ0v) is 15.6. The molecule has 0 spiro atoms. The third-order valence-electron chi connectivity index (χ3n) is 3.73. The third kappa shape index (κ3) is 5.03. The molecular weight excluding hydrogens is 318 g/mol. The van der Waals surface area contributed by atoms with Crippen molar-refractivity contribution in [1.82, 2.24) is 5.32 Å². The number of benzene rings is 2. The lowest BCUT2D eigenvalue weighted by molar-refractivity contribution is 0.0944. The van der Waals surface area contributed by atoms with Crippen molar-refractivity contribution in [2.75, 3.05) is 19.4 Å². The Hall–Kier alpha value is -1.94. The first-order valence-electron chi connectivity index (χ1n) is 8.06. The molecule has 0 aliphatic rings. The Kier molecular flexibility index (Phi) is 6.32. The molecule has 2 aromatic carbocycles. The number of nitrogens with one attached hydrogen (secondary N) is 1. The van der Waals surface area contributed by atoms with E-state index in [0.29, 0.717) is 18.7 Å². The van der Waals surface area contributed by atoms with Gasteiger partial charge in [-0.05, 0) is 41.5 Å². The largest absolute Gasteiger partial charge is 0.492 e. The Morgan fingerprint density at radius 3 is 2.38 bits per heavy atom. The smallest absolute Gasteiger partial charge is 0.252 e. The van der Waals surface area contributed by atoms with Crippen molar-refractivity contribution >= 4 is 17.7 Å². The van der Waals surface area contributed by atoms with E-state index in [1.165, 1.54) is 5.56 Å². The highest BCUT2D eigenvalue weighted by Gasteiger charge is 2.13. The monoisotopic (exact) mass is 343 g/mol. The molecule has 0 aromatic heterocycles. The van der Waals surface area contributed by atoms with Gasteiger partial charge in [-0.1, -0.05) is 45.0 Å². The molecule has 0 heterocycles. The molecule has 0 atom stereocenters. The highest BCUT2D eigenvalue weighted by molar-refractivity contribution is 7.98. The van der Waals surface area contributed by atoms with E-state index < -0.39 is 0 Å². The molecule has 0 unspecified atom stereocenters. The van der Waals surface area contributed by atoms with Crippen molar-refractivity contribution in [2.45, 2.75) is 31.1 Å². The number of hydrogen-bond acceptors (Lipinski definition) is 3. The maximum atomic E-state index is 12.2. The molecule has 24 heavy (non-hydrogen) atoms. The van der Waals surface area contributed by atoms with Crippen molar-refractivity contribution in [3.63, 3.8) is 0 Å². The van der Waals surface area contributed by atoms with Crippen LogP contribution in [-0.2, 0) is 5.41 Å². The second kappa shape index (κ2) is 8.25. The second-order valence-electron chi connectivity index (χ2n) is 6.58. The molecular formula is C20H25NO2S. The van der Waals surface area contributed by atoms with Gasteiger partial charge in [0.2, 0.25) is 0 Å². The van der Waals surface area contributed by atoms with Crippen molar-refractivity contribution in [3.05, 3.63) is 59.7 Å². The van der Waals surface area contributed by atoms with Crippen LogP contribution >= 0.6 is 11.8 Å². The summed E-state index contributed by atoms with van der Waals surface area (Å²) < 4.78 is 5.70. The van der Waals surface area contributed by atoms with Crippen LogP contribution in [0.15, 0.2) is 53.4 Å². The van der Waals surface area contributed by atoms with Gasteiger partial charge < -0.3 is 10.1 Å². The molecule has 128 valence electrons. The minimum absolute atomic E-state index is 0.0633. The van der Waals surface area contributed by atoms with E-state index in [0.717, 1.165) is 10.6 Å². The number of amides is 1. The zero-order chi connectivity index (χ0) is 17.6. The maximum absolute atomic E-state index is 12.2. The summed E-state index contributed by atoms with van der Waals surface area (Å²) in [4.78, 5) is 13.2. The fraction of sp³-hybridized carbons (Fsp3) is 0.350. The number of ether oxygens (including phenoxy) is 1. The first kappa shape index (κ1) is 18.4. The van der Waals surface area contributed by atoms with Gasteiger partial charge in [0, 0.05) is 4.90 Å². The molecule has 0 saturated heterocycles. The minimum Gasteiger partial charge on any atom is -0.492 e. The highest BCUT2D eigenvalue weighted by Crippen LogP contribution is 2.24. The summed E-state index contributed by atoms with van der Waals surface area (Å²) in [7, 11) is 0. The first-order valence-corrected chi connectivity index (χ1v) is 9.29. The SMILES string of the molecule is CSc1ccccc1C(=O)NCCOc1ccc(C(C)(C)C)cc1. The normalized spacial score (nSPS) is 11.2. The molecule has 2 aromatic rings. The van der Waals surface area contributed by atoms with Gasteiger partial charge in [-0.3, -0.25) is 4.79 Å². The number of carbonyl (C=O) groups is 1. The van der Waals surface area contributed by atoms with E-state index in [1.54, 1.807) is 11.8 Å². The molecule has 1 amide bonds. The van der Waals surface area contributed by atoms with Gasteiger partial charge in [-0.25, -0.2) is 0 Å². The molecule has 1 N–H and O–H groups in total. The fourth-order valence-electron chi connectivity index (χ4n) is 2.31. The van der Waals surface area contributed by atoms with Gasteiger partial charge in [0.25, 0.3) is 5.91 Å². The Morgan fingerprint density at radius 2 is 1.75 bits per heavy atom. The summed E-state index contributed by atoms with van der Waals surface area (Å²) in [6, 6.07) is 15.7. The first-order chi connectivity index (χ1) is 11.4. The second-order valence-corrected chi connectivity index (χ2v) is 7.43. The van der Waals surface area contributed by atoms with Crippen molar-refractivity contribution in [2.24, 2.45) is 0 Å². The average molecular weight is 343 g/mol. The molecule has 0 bridgehead atoms. The van der Waals surface area contributed by atoms with Crippen LogP contribution in [0.5, 0.6) is 5.75 Å². The summed E-state index contributed by atoms with van der Waals surface area (Å²) in [6.45, 7) is 7.48. The zero-order valence-electron chi connectivity index (χ0n) is 14.8. The van der Waals surface area contributed by atoms with Gasteiger partial charge in [-0.2, -0.15) is 0 Å². The summed E-state index contributed by atoms with van der Waals surface area (Å²) in [5, 5.41) is 2.90. The third-order valence-corrected chi connectivity index (χ3v) is 4.52. The molecule has 3 nitrogen and oxygen atoms in total. The van der Waals surface area contributed by atoms with Crippen molar-refractivity contribution in [3.8, 4) is 5.75 Å². The van der Waals surface area contributed by atoms with Crippen LogP contribution in [-0.4, -0.2) is 25.3 Å². The quantitative estimate of drug-likeness (QED) is 0.619. The summed E-state index contributed by atoms with van der Waals surface area (Å²) >= 11 is 1.57. The Morgan fingerprint density at radius 1 is 1.08 bits per heavy atom. The number of rotatable bonds is 6. The van der Waals surface area contributed by atoms with Crippen molar-refractivity contribution < 1.29 is 9.53 Å². The number of hydrogen-bond donors (Lipinski definition) is 1. The Labute approximate surface area is 148 Å². The average Bonchev–Trinajstić information content (AvgIpc) is 2.58.